The van der Waals surface area contributed by atoms with Crippen molar-refractivity contribution in [3.05, 3.63) is 35.9 Å². The zero-order valence-corrected chi connectivity index (χ0v) is 12.1. The Bertz CT molecular complexity index is 483. The predicted molar refractivity (Wildman–Crippen MR) is 77.9 cm³/mol. The Morgan fingerprint density at radius 1 is 1.30 bits per heavy atom. The zero-order chi connectivity index (χ0) is 15.0. The van der Waals surface area contributed by atoms with Crippen molar-refractivity contribution in [2.75, 3.05) is 6.61 Å². The molecule has 108 valence electrons. The topological polar surface area (TPSA) is 71.7 Å². The first-order chi connectivity index (χ1) is 9.56. The molecule has 0 heterocycles. The van der Waals surface area contributed by atoms with Gasteiger partial charge in [0.15, 0.2) is 0 Å². The van der Waals surface area contributed by atoms with Gasteiger partial charge < -0.3 is 15.0 Å². The molecule has 1 rings (SSSR count). The molecule has 0 saturated heterocycles. The largest absolute Gasteiger partial charge is 0.465 e. The first kappa shape index (κ1) is 15.9. The van der Waals surface area contributed by atoms with Crippen LogP contribution in [0, 0.1) is 11.3 Å². The molecule has 0 fully saturated rings. The Hall–Kier alpha value is -2.17. The summed E-state index contributed by atoms with van der Waals surface area (Å²) < 4.78 is 4.93. The van der Waals surface area contributed by atoms with Gasteiger partial charge in [-0.15, -0.1) is 0 Å². The number of carbonyl (C=O) groups is 1. The molecule has 0 radical (unpaired) electrons. The second-order valence-electron chi connectivity index (χ2n) is 4.36. The Kier molecular flexibility index (Phi) is 6.43. The number of oxime groups is 1. The van der Waals surface area contributed by atoms with Crippen LogP contribution >= 0.6 is 0 Å². The number of benzene rings is 1. The van der Waals surface area contributed by atoms with Crippen LogP contribution in [0.1, 0.15) is 26.3 Å². The van der Waals surface area contributed by atoms with Crippen molar-refractivity contribution in [2.45, 2.75) is 27.4 Å². The van der Waals surface area contributed by atoms with Crippen LogP contribution in [0.25, 0.3) is 0 Å². The monoisotopic (exact) mass is 276 g/mol. The van der Waals surface area contributed by atoms with E-state index in [-0.39, 0.29) is 12.3 Å². The van der Waals surface area contributed by atoms with E-state index in [9.17, 15) is 4.79 Å². The Labute approximate surface area is 119 Å². The second-order valence-corrected chi connectivity index (χ2v) is 4.36. The number of nitrogens with one attached hydrogen (secondary N) is 1. The predicted octanol–water partition coefficient (Wildman–Crippen LogP) is 2.80. The van der Waals surface area contributed by atoms with Gasteiger partial charge in [0.1, 0.15) is 12.5 Å². The fraction of sp³-hybridized carbons (Fsp3) is 0.400. The van der Waals surface area contributed by atoms with E-state index >= 15 is 0 Å². The summed E-state index contributed by atoms with van der Waals surface area (Å²) in [6.07, 6.45) is 0. The van der Waals surface area contributed by atoms with Gasteiger partial charge in [0.05, 0.1) is 12.3 Å². The van der Waals surface area contributed by atoms with Gasteiger partial charge in [0.25, 0.3) is 0 Å². The Morgan fingerprint density at radius 2 is 1.95 bits per heavy atom. The number of nitrogens with zero attached hydrogens (tertiary/aromatic N) is 1. The third-order valence-electron chi connectivity index (χ3n) is 2.66. The smallest absolute Gasteiger partial charge is 0.320 e. The van der Waals surface area contributed by atoms with E-state index < -0.39 is 11.9 Å². The first-order valence-electron chi connectivity index (χ1n) is 6.48. The molecule has 5 heteroatoms. The quantitative estimate of drug-likeness (QED) is 0.473. The zero-order valence-electron chi connectivity index (χ0n) is 12.1. The van der Waals surface area contributed by atoms with Gasteiger partial charge in [-0.2, -0.15) is 0 Å². The van der Waals surface area contributed by atoms with Crippen molar-refractivity contribution in [3.63, 3.8) is 0 Å². The minimum absolute atomic E-state index is 0.188. The number of hydrogen-bond acceptors (Lipinski definition) is 5. The number of ether oxygens (including phenoxy) is 1. The molecule has 1 aromatic carbocycles. The van der Waals surface area contributed by atoms with E-state index in [1.54, 1.807) is 20.8 Å². The molecule has 1 unspecified atom stereocenters. The van der Waals surface area contributed by atoms with Gasteiger partial charge in [-0.25, -0.2) is 0 Å². The second kappa shape index (κ2) is 8.09. The maximum Gasteiger partial charge on any atom is 0.320 e. The maximum atomic E-state index is 11.8. The van der Waals surface area contributed by atoms with Crippen LogP contribution in [0.15, 0.2) is 35.5 Å². The van der Waals surface area contributed by atoms with Crippen molar-refractivity contribution in [1.29, 1.82) is 5.41 Å². The van der Waals surface area contributed by atoms with Gasteiger partial charge in [0.2, 0.25) is 0 Å². The van der Waals surface area contributed by atoms with Crippen molar-refractivity contribution in [1.82, 2.24) is 0 Å². The van der Waals surface area contributed by atoms with Crippen LogP contribution in [0.2, 0.25) is 0 Å². The van der Waals surface area contributed by atoms with E-state index in [0.29, 0.717) is 12.3 Å². The van der Waals surface area contributed by atoms with E-state index in [2.05, 4.69) is 5.16 Å². The van der Waals surface area contributed by atoms with E-state index in [0.717, 1.165) is 5.56 Å². The molecule has 0 aliphatic rings. The SMILES string of the molecule is CCOC(=O)C(C(C)=N)C(C)=NOCc1ccccc1. The lowest BCUT2D eigenvalue weighted by molar-refractivity contribution is -0.143. The number of rotatable bonds is 7. The number of esters is 1. The molecule has 0 bridgehead atoms. The third-order valence-corrected chi connectivity index (χ3v) is 2.66. The maximum absolute atomic E-state index is 11.8. The van der Waals surface area contributed by atoms with Crippen LogP contribution in [-0.4, -0.2) is 24.0 Å². The summed E-state index contributed by atoms with van der Waals surface area (Å²) in [6, 6.07) is 9.61. The van der Waals surface area contributed by atoms with Crippen molar-refractivity contribution < 1.29 is 14.4 Å². The molecule has 0 spiro atoms. The molecule has 0 amide bonds. The fourth-order valence-corrected chi connectivity index (χ4v) is 1.72. The third kappa shape index (κ3) is 4.84. The molecular formula is C15H20N2O3. The molecule has 20 heavy (non-hydrogen) atoms. The molecule has 1 atom stereocenters. The summed E-state index contributed by atoms with van der Waals surface area (Å²) in [5, 5.41) is 11.6. The van der Waals surface area contributed by atoms with Crippen LogP contribution in [0.4, 0.5) is 0 Å². The van der Waals surface area contributed by atoms with E-state index in [1.807, 2.05) is 30.3 Å². The Balaban J connectivity index is 2.65. The standard InChI is InChI=1S/C15H20N2O3/c1-4-19-15(18)14(11(2)16)12(3)17-20-10-13-8-6-5-7-9-13/h5-9,14,16H,4,10H2,1-3H3. The summed E-state index contributed by atoms with van der Waals surface area (Å²) in [5.41, 5.74) is 1.60. The van der Waals surface area contributed by atoms with Gasteiger partial charge in [0, 0.05) is 5.71 Å². The summed E-state index contributed by atoms with van der Waals surface area (Å²) in [7, 11) is 0. The van der Waals surface area contributed by atoms with Gasteiger partial charge >= 0.3 is 5.97 Å². The van der Waals surface area contributed by atoms with Crippen LogP contribution in [0.5, 0.6) is 0 Å². The van der Waals surface area contributed by atoms with Crippen molar-refractivity contribution >= 4 is 17.4 Å². The van der Waals surface area contributed by atoms with Crippen LogP contribution in [0.3, 0.4) is 0 Å². The molecule has 1 N–H and O–H groups in total. The Morgan fingerprint density at radius 3 is 2.50 bits per heavy atom. The summed E-state index contributed by atoms with van der Waals surface area (Å²) in [6.45, 7) is 5.54. The highest BCUT2D eigenvalue weighted by Gasteiger charge is 2.25. The van der Waals surface area contributed by atoms with E-state index in [1.165, 1.54) is 0 Å². The van der Waals surface area contributed by atoms with Crippen LogP contribution in [-0.2, 0) is 21.0 Å². The van der Waals surface area contributed by atoms with Crippen molar-refractivity contribution in [3.8, 4) is 0 Å². The molecule has 0 aliphatic heterocycles. The first-order valence-corrected chi connectivity index (χ1v) is 6.48. The highest BCUT2D eigenvalue weighted by atomic mass is 16.6. The number of carbonyl (C=O) groups excluding carboxylic acids is 1. The van der Waals surface area contributed by atoms with Gasteiger partial charge in [-0.3, -0.25) is 4.79 Å². The molecule has 0 aromatic heterocycles. The molecule has 1 aromatic rings. The highest BCUT2D eigenvalue weighted by molar-refractivity contribution is 6.18. The van der Waals surface area contributed by atoms with E-state index in [4.69, 9.17) is 15.0 Å². The molecular weight excluding hydrogens is 256 g/mol. The summed E-state index contributed by atoms with van der Waals surface area (Å²) in [5.74, 6) is -1.24. The average Bonchev–Trinajstić information content (AvgIpc) is 2.40. The van der Waals surface area contributed by atoms with Gasteiger partial charge in [-0.1, -0.05) is 35.5 Å². The molecule has 0 saturated carbocycles. The lowest BCUT2D eigenvalue weighted by Gasteiger charge is -2.13. The summed E-state index contributed by atoms with van der Waals surface area (Å²) >= 11 is 0. The minimum Gasteiger partial charge on any atom is -0.465 e. The molecule has 0 aliphatic carbocycles. The highest BCUT2D eigenvalue weighted by Crippen LogP contribution is 2.08. The lowest BCUT2D eigenvalue weighted by atomic mass is 10.00. The number of hydrogen-bond donors (Lipinski definition) is 1. The van der Waals surface area contributed by atoms with Crippen LogP contribution < -0.4 is 0 Å². The fourth-order valence-electron chi connectivity index (χ4n) is 1.72. The van der Waals surface area contributed by atoms with Crippen molar-refractivity contribution in [2.24, 2.45) is 11.1 Å². The molecule has 5 nitrogen and oxygen atoms in total. The van der Waals surface area contributed by atoms with Gasteiger partial charge in [-0.05, 0) is 26.3 Å². The normalized spacial score (nSPS) is 12.7. The summed E-state index contributed by atoms with van der Waals surface area (Å²) in [4.78, 5) is 17.0. The average molecular weight is 276 g/mol. The minimum atomic E-state index is -0.772. The lowest BCUT2D eigenvalue weighted by Crippen LogP contribution is -2.30.